The fourth-order valence-corrected chi connectivity index (χ4v) is 0.672. The second kappa shape index (κ2) is 2.28. The van der Waals surface area contributed by atoms with Crippen LogP contribution in [0, 0.1) is 4.77 Å². The molecule has 1 aromatic rings. The van der Waals surface area contributed by atoms with Crippen LogP contribution in [0.5, 0.6) is 0 Å². The fourth-order valence-electron chi connectivity index (χ4n) is 0.521. The van der Waals surface area contributed by atoms with Crippen molar-refractivity contribution in [1.82, 2.24) is 14.8 Å². The van der Waals surface area contributed by atoms with Crippen LogP contribution in [0.15, 0.2) is 0 Å². The maximum absolute atomic E-state index is 8.58. The zero-order valence-electron chi connectivity index (χ0n) is 4.96. The average molecular weight is 145 g/mol. The molecule has 0 aliphatic heterocycles. The minimum atomic E-state index is -0.0797. The van der Waals surface area contributed by atoms with E-state index in [4.69, 9.17) is 17.3 Å². The SMILES string of the molecule is Cn1c(CO)n[nH]c1=S. The normalized spacial score (nSPS) is 10.0. The number of aliphatic hydroxyl groups excluding tert-OH is 1. The smallest absolute Gasteiger partial charge is 0.194 e. The highest BCUT2D eigenvalue weighted by Crippen LogP contribution is 1.91. The topological polar surface area (TPSA) is 53.8 Å². The first-order valence-electron chi connectivity index (χ1n) is 2.47. The van der Waals surface area contributed by atoms with Gasteiger partial charge in [0.2, 0.25) is 0 Å². The predicted molar refractivity (Wildman–Crippen MR) is 34.3 cm³/mol. The van der Waals surface area contributed by atoms with Crippen LogP contribution in [0.25, 0.3) is 0 Å². The number of aromatic amines is 1. The Morgan fingerprint density at radius 3 is 2.78 bits per heavy atom. The van der Waals surface area contributed by atoms with Crippen LogP contribution in [-0.2, 0) is 13.7 Å². The molecule has 5 heteroatoms. The largest absolute Gasteiger partial charge is 0.388 e. The van der Waals surface area contributed by atoms with E-state index in [1.807, 2.05) is 0 Å². The summed E-state index contributed by atoms with van der Waals surface area (Å²) < 4.78 is 2.15. The lowest BCUT2D eigenvalue weighted by Gasteiger charge is -1.90. The van der Waals surface area contributed by atoms with Crippen LogP contribution in [0.3, 0.4) is 0 Å². The molecule has 0 fully saturated rings. The molecule has 0 aromatic carbocycles. The number of H-pyrrole nitrogens is 1. The van der Waals surface area contributed by atoms with Crippen molar-refractivity contribution in [1.29, 1.82) is 0 Å². The van der Waals surface area contributed by atoms with Crippen LogP contribution < -0.4 is 0 Å². The number of rotatable bonds is 1. The lowest BCUT2D eigenvalue weighted by atomic mass is 10.6. The molecule has 1 aromatic heterocycles. The summed E-state index contributed by atoms with van der Waals surface area (Å²) in [5.41, 5.74) is 0. The number of hydrogen-bond acceptors (Lipinski definition) is 3. The molecule has 0 radical (unpaired) electrons. The van der Waals surface area contributed by atoms with Gasteiger partial charge in [-0.05, 0) is 12.2 Å². The molecule has 0 spiro atoms. The van der Waals surface area contributed by atoms with Gasteiger partial charge in [-0.25, -0.2) is 0 Å². The standard InChI is InChI=1S/C4H7N3OS/c1-7-3(2-8)5-6-4(7)9/h8H,2H2,1H3,(H,6,9). The number of hydrogen-bond donors (Lipinski definition) is 2. The van der Waals surface area contributed by atoms with Gasteiger partial charge in [-0.2, -0.15) is 5.10 Å². The summed E-state index contributed by atoms with van der Waals surface area (Å²) in [7, 11) is 1.75. The first-order chi connectivity index (χ1) is 4.25. The Bertz CT molecular complexity index is 251. The van der Waals surface area contributed by atoms with Crippen LogP contribution >= 0.6 is 12.2 Å². The van der Waals surface area contributed by atoms with Crippen molar-refractivity contribution in [3.05, 3.63) is 10.6 Å². The lowest BCUT2D eigenvalue weighted by molar-refractivity contribution is 0.266. The minimum Gasteiger partial charge on any atom is -0.388 e. The third-order valence-electron chi connectivity index (χ3n) is 1.11. The van der Waals surface area contributed by atoms with Gasteiger partial charge in [0, 0.05) is 7.05 Å². The van der Waals surface area contributed by atoms with Crippen molar-refractivity contribution < 1.29 is 5.11 Å². The summed E-state index contributed by atoms with van der Waals surface area (Å²) in [6, 6.07) is 0. The molecule has 0 unspecified atom stereocenters. The van der Waals surface area contributed by atoms with Gasteiger partial charge in [-0.1, -0.05) is 0 Å². The molecular weight excluding hydrogens is 138 g/mol. The summed E-state index contributed by atoms with van der Waals surface area (Å²) in [5.74, 6) is 0.556. The Hall–Kier alpha value is -0.680. The second-order valence-electron chi connectivity index (χ2n) is 1.66. The summed E-state index contributed by atoms with van der Waals surface area (Å²) in [4.78, 5) is 0. The van der Waals surface area contributed by atoms with E-state index in [1.54, 1.807) is 11.6 Å². The highest BCUT2D eigenvalue weighted by Gasteiger charge is 1.96. The number of aliphatic hydroxyl groups is 1. The molecule has 4 nitrogen and oxygen atoms in total. The van der Waals surface area contributed by atoms with Gasteiger partial charge < -0.3 is 9.67 Å². The molecule has 1 rings (SSSR count). The van der Waals surface area contributed by atoms with Crippen molar-refractivity contribution in [2.75, 3.05) is 0 Å². The molecule has 0 aliphatic carbocycles. The van der Waals surface area contributed by atoms with Gasteiger partial charge in [0.05, 0.1) is 0 Å². The summed E-state index contributed by atoms with van der Waals surface area (Å²) in [5, 5.41) is 14.9. The molecule has 0 saturated heterocycles. The summed E-state index contributed by atoms with van der Waals surface area (Å²) in [6.45, 7) is -0.0797. The van der Waals surface area contributed by atoms with Gasteiger partial charge in [0.15, 0.2) is 10.6 Å². The lowest BCUT2D eigenvalue weighted by Crippen LogP contribution is -1.96. The highest BCUT2D eigenvalue weighted by atomic mass is 32.1. The molecule has 9 heavy (non-hydrogen) atoms. The molecule has 0 atom stereocenters. The third-order valence-corrected chi connectivity index (χ3v) is 1.48. The molecule has 1 heterocycles. The third kappa shape index (κ3) is 1.01. The zero-order chi connectivity index (χ0) is 6.85. The fraction of sp³-hybridized carbons (Fsp3) is 0.500. The van der Waals surface area contributed by atoms with Gasteiger partial charge in [0.25, 0.3) is 0 Å². The maximum Gasteiger partial charge on any atom is 0.194 e. The zero-order valence-corrected chi connectivity index (χ0v) is 5.77. The Labute approximate surface area is 57.1 Å². The minimum absolute atomic E-state index is 0.0797. The average Bonchev–Trinajstić information content (AvgIpc) is 2.15. The van der Waals surface area contributed by atoms with Gasteiger partial charge in [-0.3, -0.25) is 5.10 Å². The molecule has 0 aliphatic rings. The maximum atomic E-state index is 8.58. The van der Waals surface area contributed by atoms with Crippen LogP contribution in [0.2, 0.25) is 0 Å². The van der Waals surface area contributed by atoms with E-state index in [0.29, 0.717) is 10.6 Å². The van der Waals surface area contributed by atoms with E-state index in [1.165, 1.54) is 0 Å². The first kappa shape index (κ1) is 6.44. The van der Waals surface area contributed by atoms with Gasteiger partial charge in [-0.15, -0.1) is 0 Å². The van der Waals surface area contributed by atoms with E-state index in [9.17, 15) is 0 Å². The number of nitrogens with one attached hydrogen (secondary N) is 1. The van der Waals surface area contributed by atoms with Crippen LogP contribution in [-0.4, -0.2) is 19.9 Å². The van der Waals surface area contributed by atoms with Crippen molar-refractivity contribution in [2.24, 2.45) is 7.05 Å². The molecular formula is C4H7N3OS. The van der Waals surface area contributed by atoms with Gasteiger partial charge in [0.1, 0.15) is 6.61 Å². The first-order valence-corrected chi connectivity index (χ1v) is 2.87. The summed E-state index contributed by atoms with van der Waals surface area (Å²) in [6.07, 6.45) is 0. The van der Waals surface area contributed by atoms with Gasteiger partial charge >= 0.3 is 0 Å². The van der Waals surface area contributed by atoms with Crippen LogP contribution in [0.1, 0.15) is 5.82 Å². The Balaban J connectivity index is 3.20. The van der Waals surface area contributed by atoms with E-state index in [0.717, 1.165) is 0 Å². The molecule has 0 bridgehead atoms. The predicted octanol–water partition coefficient (Wildman–Crippen LogP) is -0.0300. The highest BCUT2D eigenvalue weighted by molar-refractivity contribution is 7.71. The molecule has 50 valence electrons. The Morgan fingerprint density at radius 1 is 1.89 bits per heavy atom. The van der Waals surface area contributed by atoms with E-state index < -0.39 is 0 Å². The van der Waals surface area contributed by atoms with E-state index in [-0.39, 0.29) is 6.61 Å². The van der Waals surface area contributed by atoms with Crippen molar-refractivity contribution in [3.8, 4) is 0 Å². The monoisotopic (exact) mass is 145 g/mol. The molecule has 2 N–H and O–H groups in total. The Morgan fingerprint density at radius 2 is 2.56 bits per heavy atom. The number of nitrogens with zero attached hydrogens (tertiary/aromatic N) is 2. The molecule has 0 amide bonds. The quantitative estimate of drug-likeness (QED) is 0.546. The summed E-state index contributed by atoms with van der Waals surface area (Å²) >= 11 is 4.77. The second-order valence-corrected chi connectivity index (χ2v) is 2.05. The van der Waals surface area contributed by atoms with Crippen molar-refractivity contribution in [3.63, 3.8) is 0 Å². The van der Waals surface area contributed by atoms with Crippen LogP contribution in [0.4, 0.5) is 0 Å². The number of aromatic nitrogens is 3. The van der Waals surface area contributed by atoms with Crippen molar-refractivity contribution in [2.45, 2.75) is 6.61 Å². The molecule has 0 saturated carbocycles. The van der Waals surface area contributed by atoms with Crippen molar-refractivity contribution >= 4 is 12.2 Å². The Kier molecular flexibility index (Phi) is 1.63. The van der Waals surface area contributed by atoms with E-state index >= 15 is 0 Å². The van der Waals surface area contributed by atoms with E-state index in [2.05, 4.69) is 10.2 Å².